The van der Waals surface area contributed by atoms with E-state index < -0.39 is 18.1 Å². The summed E-state index contributed by atoms with van der Waals surface area (Å²) in [4.78, 5) is 11.4. The van der Waals surface area contributed by atoms with Gasteiger partial charge in [0.1, 0.15) is 11.9 Å². The second-order valence-electron chi connectivity index (χ2n) is 3.87. The average molecular weight is 256 g/mol. The number of carbonyl (C=O) groups is 1. The van der Waals surface area contributed by atoms with Crippen molar-refractivity contribution in [3.63, 3.8) is 0 Å². The van der Waals surface area contributed by atoms with E-state index in [2.05, 4.69) is 5.32 Å². The predicted octanol–water partition coefficient (Wildman–Crippen LogP) is -0.0510. The van der Waals surface area contributed by atoms with Crippen molar-refractivity contribution in [3.05, 3.63) is 35.6 Å². The summed E-state index contributed by atoms with van der Waals surface area (Å²) < 4.78 is 17.4. The SMILES string of the molecule is COCC(N)C(=O)NCC(O)c1ccc(F)cc1. The summed E-state index contributed by atoms with van der Waals surface area (Å²) in [6, 6.07) is 4.65. The number of aliphatic hydroxyl groups is 1. The number of carbonyl (C=O) groups excluding carboxylic acids is 1. The number of amides is 1. The fourth-order valence-electron chi connectivity index (χ4n) is 1.39. The minimum absolute atomic E-state index is 0.0158. The summed E-state index contributed by atoms with van der Waals surface area (Å²) in [6.45, 7) is 0.125. The highest BCUT2D eigenvalue weighted by atomic mass is 19.1. The van der Waals surface area contributed by atoms with E-state index >= 15 is 0 Å². The molecule has 1 rings (SSSR count). The maximum atomic E-state index is 12.7. The molecule has 0 aliphatic carbocycles. The molecular formula is C12H17FN2O3. The van der Waals surface area contributed by atoms with Crippen molar-refractivity contribution in [3.8, 4) is 0 Å². The number of benzene rings is 1. The van der Waals surface area contributed by atoms with Crippen LogP contribution in [-0.2, 0) is 9.53 Å². The van der Waals surface area contributed by atoms with E-state index in [9.17, 15) is 14.3 Å². The topological polar surface area (TPSA) is 84.6 Å². The van der Waals surface area contributed by atoms with Gasteiger partial charge in [0.15, 0.2) is 0 Å². The van der Waals surface area contributed by atoms with Crippen LogP contribution in [0.3, 0.4) is 0 Å². The van der Waals surface area contributed by atoms with Crippen molar-refractivity contribution in [2.75, 3.05) is 20.3 Å². The van der Waals surface area contributed by atoms with E-state index in [1.807, 2.05) is 0 Å². The zero-order chi connectivity index (χ0) is 13.5. The minimum Gasteiger partial charge on any atom is -0.387 e. The Hall–Kier alpha value is -1.50. The molecule has 2 unspecified atom stereocenters. The number of nitrogens with two attached hydrogens (primary N) is 1. The van der Waals surface area contributed by atoms with Gasteiger partial charge in [-0.3, -0.25) is 4.79 Å². The zero-order valence-corrected chi connectivity index (χ0v) is 10.1. The first-order valence-corrected chi connectivity index (χ1v) is 5.50. The Morgan fingerprint density at radius 1 is 1.50 bits per heavy atom. The Labute approximate surface area is 105 Å². The molecule has 4 N–H and O–H groups in total. The number of aliphatic hydroxyl groups excluding tert-OH is 1. The van der Waals surface area contributed by atoms with Crippen molar-refractivity contribution in [2.24, 2.45) is 5.73 Å². The highest BCUT2D eigenvalue weighted by Gasteiger charge is 2.15. The largest absolute Gasteiger partial charge is 0.387 e. The Balaban J connectivity index is 2.43. The number of halogens is 1. The molecule has 0 aliphatic heterocycles. The molecule has 0 radical (unpaired) electrons. The lowest BCUT2D eigenvalue weighted by atomic mass is 10.1. The van der Waals surface area contributed by atoms with Crippen LogP contribution >= 0.6 is 0 Å². The lowest BCUT2D eigenvalue weighted by Gasteiger charge is -2.15. The molecule has 0 spiro atoms. The lowest BCUT2D eigenvalue weighted by Crippen LogP contribution is -2.44. The summed E-state index contributed by atoms with van der Waals surface area (Å²) in [5.41, 5.74) is 6.03. The van der Waals surface area contributed by atoms with Gasteiger partial charge >= 0.3 is 0 Å². The number of methoxy groups -OCH3 is 1. The quantitative estimate of drug-likeness (QED) is 0.666. The molecular weight excluding hydrogens is 239 g/mol. The monoisotopic (exact) mass is 256 g/mol. The van der Waals surface area contributed by atoms with E-state index in [1.54, 1.807) is 0 Å². The standard InChI is InChI=1S/C12H17FN2O3/c1-18-7-10(14)12(17)15-6-11(16)8-2-4-9(13)5-3-8/h2-5,10-11,16H,6-7,14H2,1H3,(H,15,17). The van der Waals surface area contributed by atoms with Gasteiger partial charge in [-0.1, -0.05) is 12.1 Å². The van der Waals surface area contributed by atoms with Crippen LogP contribution in [0.25, 0.3) is 0 Å². The van der Waals surface area contributed by atoms with Crippen LogP contribution in [0.5, 0.6) is 0 Å². The summed E-state index contributed by atoms with van der Waals surface area (Å²) in [5, 5.41) is 12.3. The molecule has 0 aliphatic rings. The van der Waals surface area contributed by atoms with Crippen molar-refractivity contribution < 1.29 is 19.0 Å². The van der Waals surface area contributed by atoms with Gasteiger partial charge in [0, 0.05) is 13.7 Å². The normalized spacial score (nSPS) is 14.0. The molecule has 1 amide bonds. The average Bonchev–Trinajstić information content (AvgIpc) is 2.36. The second kappa shape index (κ2) is 7.05. The van der Waals surface area contributed by atoms with Gasteiger partial charge in [0.05, 0.1) is 12.7 Å². The van der Waals surface area contributed by atoms with Crippen LogP contribution in [0.2, 0.25) is 0 Å². The van der Waals surface area contributed by atoms with Gasteiger partial charge in [0.2, 0.25) is 5.91 Å². The number of hydrogen-bond donors (Lipinski definition) is 3. The molecule has 5 nitrogen and oxygen atoms in total. The van der Waals surface area contributed by atoms with Gasteiger partial charge < -0.3 is 20.9 Å². The van der Waals surface area contributed by atoms with Gasteiger partial charge in [0.25, 0.3) is 0 Å². The van der Waals surface area contributed by atoms with Gasteiger partial charge in [-0.25, -0.2) is 4.39 Å². The molecule has 0 aromatic heterocycles. The molecule has 0 saturated carbocycles. The van der Waals surface area contributed by atoms with E-state index in [-0.39, 0.29) is 19.0 Å². The van der Waals surface area contributed by atoms with Crippen LogP contribution < -0.4 is 11.1 Å². The van der Waals surface area contributed by atoms with Crippen LogP contribution in [0, 0.1) is 5.82 Å². The molecule has 2 atom stereocenters. The maximum Gasteiger partial charge on any atom is 0.239 e. The summed E-state index contributed by atoms with van der Waals surface area (Å²) >= 11 is 0. The zero-order valence-electron chi connectivity index (χ0n) is 10.1. The molecule has 18 heavy (non-hydrogen) atoms. The third-order valence-electron chi connectivity index (χ3n) is 2.41. The van der Waals surface area contributed by atoms with E-state index in [0.29, 0.717) is 5.56 Å². The fraction of sp³-hybridized carbons (Fsp3) is 0.417. The minimum atomic E-state index is -0.899. The van der Waals surface area contributed by atoms with Crippen molar-refractivity contribution in [1.82, 2.24) is 5.32 Å². The molecule has 0 saturated heterocycles. The molecule has 1 aromatic rings. The molecule has 6 heteroatoms. The Morgan fingerprint density at radius 3 is 2.67 bits per heavy atom. The highest BCUT2D eigenvalue weighted by molar-refractivity contribution is 5.81. The van der Waals surface area contributed by atoms with E-state index in [1.165, 1.54) is 31.4 Å². The predicted molar refractivity (Wildman–Crippen MR) is 64.2 cm³/mol. The number of rotatable bonds is 6. The van der Waals surface area contributed by atoms with Crippen molar-refractivity contribution in [1.29, 1.82) is 0 Å². The van der Waals surface area contributed by atoms with Crippen LogP contribution in [-0.4, -0.2) is 37.3 Å². The van der Waals surface area contributed by atoms with Crippen molar-refractivity contribution >= 4 is 5.91 Å². The molecule has 0 heterocycles. The van der Waals surface area contributed by atoms with Gasteiger partial charge in [-0.2, -0.15) is 0 Å². The Bertz CT molecular complexity index is 383. The molecule has 1 aromatic carbocycles. The maximum absolute atomic E-state index is 12.7. The molecule has 0 fully saturated rings. The van der Waals surface area contributed by atoms with Crippen LogP contribution in [0.1, 0.15) is 11.7 Å². The highest BCUT2D eigenvalue weighted by Crippen LogP contribution is 2.12. The van der Waals surface area contributed by atoms with Gasteiger partial charge in [-0.15, -0.1) is 0 Å². The summed E-state index contributed by atoms with van der Waals surface area (Å²) in [6.07, 6.45) is -0.899. The summed E-state index contributed by atoms with van der Waals surface area (Å²) in [5.74, 6) is -0.782. The van der Waals surface area contributed by atoms with E-state index in [0.717, 1.165) is 0 Å². The van der Waals surface area contributed by atoms with E-state index in [4.69, 9.17) is 10.5 Å². The Morgan fingerprint density at radius 2 is 2.11 bits per heavy atom. The van der Waals surface area contributed by atoms with Crippen molar-refractivity contribution in [2.45, 2.75) is 12.1 Å². The third kappa shape index (κ3) is 4.40. The smallest absolute Gasteiger partial charge is 0.239 e. The molecule has 0 bridgehead atoms. The Kier molecular flexibility index (Phi) is 5.70. The second-order valence-corrected chi connectivity index (χ2v) is 3.87. The lowest BCUT2D eigenvalue weighted by molar-refractivity contribution is -0.123. The first-order valence-electron chi connectivity index (χ1n) is 5.50. The first-order chi connectivity index (χ1) is 8.54. The third-order valence-corrected chi connectivity index (χ3v) is 2.41. The fourth-order valence-corrected chi connectivity index (χ4v) is 1.39. The summed E-state index contributed by atoms with van der Waals surface area (Å²) in [7, 11) is 1.44. The number of nitrogens with one attached hydrogen (secondary N) is 1. The number of ether oxygens (including phenoxy) is 1. The van der Waals surface area contributed by atoms with Crippen LogP contribution in [0.15, 0.2) is 24.3 Å². The molecule has 100 valence electrons. The number of hydrogen-bond acceptors (Lipinski definition) is 4. The van der Waals surface area contributed by atoms with Gasteiger partial charge in [-0.05, 0) is 17.7 Å². The first kappa shape index (κ1) is 14.6. The van der Waals surface area contributed by atoms with Crippen LogP contribution in [0.4, 0.5) is 4.39 Å².